The van der Waals surface area contributed by atoms with Crippen LogP contribution in [0.3, 0.4) is 0 Å². The summed E-state index contributed by atoms with van der Waals surface area (Å²) in [6, 6.07) is 4.58. The summed E-state index contributed by atoms with van der Waals surface area (Å²) in [7, 11) is 0. The first-order valence-corrected chi connectivity index (χ1v) is 10.7. The van der Waals surface area contributed by atoms with Crippen molar-refractivity contribution in [2.75, 3.05) is 18.4 Å². The average molecular weight is 443 g/mol. The van der Waals surface area contributed by atoms with Gasteiger partial charge in [0.25, 0.3) is 5.91 Å². The number of thiazole rings is 1. The normalized spacial score (nSPS) is 10.8. The van der Waals surface area contributed by atoms with Gasteiger partial charge in [-0.25, -0.2) is 9.78 Å². The van der Waals surface area contributed by atoms with Crippen molar-refractivity contribution in [3.05, 3.63) is 44.3 Å². The third kappa shape index (κ3) is 5.59. The van der Waals surface area contributed by atoms with Crippen LogP contribution in [0.1, 0.15) is 43.2 Å². The predicted molar refractivity (Wildman–Crippen MR) is 116 cm³/mol. The van der Waals surface area contributed by atoms with Crippen LogP contribution >= 0.6 is 34.5 Å². The molecule has 152 valence electrons. The zero-order valence-electron chi connectivity index (χ0n) is 16.3. The average Bonchev–Trinajstić information content (AvgIpc) is 3.12. The molecule has 2 rings (SSSR count). The van der Waals surface area contributed by atoms with E-state index in [-0.39, 0.29) is 18.0 Å². The maximum atomic E-state index is 12.7. The lowest BCUT2D eigenvalue weighted by Crippen LogP contribution is -2.39. The van der Waals surface area contributed by atoms with Crippen LogP contribution in [0.25, 0.3) is 0 Å². The van der Waals surface area contributed by atoms with E-state index < -0.39 is 0 Å². The maximum absolute atomic E-state index is 12.7. The number of urea groups is 1. The molecule has 1 N–H and O–H groups in total. The number of hydrogen-bond donors (Lipinski definition) is 1. The van der Waals surface area contributed by atoms with E-state index in [4.69, 9.17) is 23.2 Å². The van der Waals surface area contributed by atoms with E-state index in [0.29, 0.717) is 46.1 Å². The van der Waals surface area contributed by atoms with E-state index >= 15 is 0 Å². The first kappa shape index (κ1) is 22.5. The summed E-state index contributed by atoms with van der Waals surface area (Å²) in [6.07, 6.45) is 0. The van der Waals surface area contributed by atoms with Gasteiger partial charge < -0.3 is 15.1 Å². The van der Waals surface area contributed by atoms with Gasteiger partial charge in [0.05, 0.1) is 16.6 Å². The Labute approximate surface area is 179 Å². The summed E-state index contributed by atoms with van der Waals surface area (Å²) in [5.41, 5.74) is 0.971. The summed E-state index contributed by atoms with van der Waals surface area (Å²) in [5.74, 6) is -0.0937. The molecule has 0 unspecified atom stereocenters. The molecule has 0 aliphatic carbocycles. The number of amides is 3. The molecule has 1 heterocycles. The number of nitrogens with zero attached hydrogens (tertiary/aromatic N) is 3. The second-order valence-electron chi connectivity index (χ2n) is 6.38. The minimum Gasteiger partial charge on any atom is -0.338 e. The summed E-state index contributed by atoms with van der Waals surface area (Å²) in [6.45, 7) is 9.28. The molecule has 2 aromatic rings. The fourth-order valence-electron chi connectivity index (χ4n) is 2.56. The second kappa shape index (κ2) is 10.1. The molecule has 0 atom stereocenters. The number of hydrogen-bond acceptors (Lipinski definition) is 4. The quantitative estimate of drug-likeness (QED) is 0.625. The smallest absolute Gasteiger partial charge is 0.322 e. The first-order chi connectivity index (χ1) is 13.3. The molecule has 0 aliphatic rings. The van der Waals surface area contributed by atoms with Gasteiger partial charge in [0.15, 0.2) is 0 Å². The van der Waals surface area contributed by atoms with Crippen molar-refractivity contribution in [3.63, 3.8) is 0 Å². The van der Waals surface area contributed by atoms with Gasteiger partial charge in [0.2, 0.25) is 0 Å². The summed E-state index contributed by atoms with van der Waals surface area (Å²) in [5, 5.41) is 6.06. The third-order valence-electron chi connectivity index (χ3n) is 4.18. The van der Waals surface area contributed by atoms with E-state index in [1.165, 1.54) is 11.3 Å². The molecule has 0 radical (unpaired) electrons. The molecule has 1 aromatic carbocycles. The molecular weight excluding hydrogens is 419 g/mol. The lowest BCUT2D eigenvalue weighted by Gasteiger charge is -2.26. The molecule has 0 fully saturated rings. The number of carbonyl (C=O) groups is 2. The fourth-order valence-corrected chi connectivity index (χ4v) is 3.62. The molecule has 0 bridgehead atoms. The minimum atomic E-state index is -0.278. The van der Waals surface area contributed by atoms with E-state index in [2.05, 4.69) is 10.3 Å². The van der Waals surface area contributed by atoms with E-state index in [0.717, 1.165) is 0 Å². The van der Waals surface area contributed by atoms with Crippen LogP contribution in [-0.2, 0) is 6.54 Å². The van der Waals surface area contributed by atoms with Crippen molar-refractivity contribution in [1.29, 1.82) is 0 Å². The molecular formula is C19H24Cl2N4O2S. The first-order valence-electron chi connectivity index (χ1n) is 9.03. The molecule has 28 heavy (non-hydrogen) atoms. The number of aromatic nitrogens is 1. The van der Waals surface area contributed by atoms with Crippen molar-refractivity contribution in [1.82, 2.24) is 14.8 Å². The molecule has 0 saturated carbocycles. The molecule has 0 spiro atoms. The molecule has 1 aromatic heterocycles. The zero-order valence-corrected chi connectivity index (χ0v) is 18.7. The predicted octanol–water partition coefficient (Wildman–Crippen LogP) is 5.37. The number of nitrogens with one attached hydrogen (secondary N) is 1. The van der Waals surface area contributed by atoms with Crippen LogP contribution < -0.4 is 5.32 Å². The Kier molecular flexibility index (Phi) is 8.10. The Morgan fingerprint density at radius 2 is 1.86 bits per heavy atom. The number of rotatable bonds is 7. The Morgan fingerprint density at radius 3 is 2.43 bits per heavy atom. The van der Waals surface area contributed by atoms with Crippen LogP contribution in [-0.4, -0.2) is 45.9 Å². The van der Waals surface area contributed by atoms with Crippen molar-refractivity contribution < 1.29 is 9.59 Å². The van der Waals surface area contributed by atoms with Gasteiger partial charge in [-0.05, 0) is 45.9 Å². The van der Waals surface area contributed by atoms with Crippen molar-refractivity contribution in [2.24, 2.45) is 0 Å². The Balaban J connectivity index is 2.11. The lowest BCUT2D eigenvalue weighted by molar-refractivity contribution is 0.0767. The van der Waals surface area contributed by atoms with Gasteiger partial charge in [0.1, 0.15) is 10.7 Å². The maximum Gasteiger partial charge on any atom is 0.322 e. The van der Waals surface area contributed by atoms with Gasteiger partial charge in [-0.2, -0.15) is 0 Å². The van der Waals surface area contributed by atoms with Crippen molar-refractivity contribution in [3.8, 4) is 0 Å². The van der Waals surface area contributed by atoms with Gasteiger partial charge >= 0.3 is 6.03 Å². The molecule has 3 amide bonds. The molecule has 9 heteroatoms. The summed E-state index contributed by atoms with van der Waals surface area (Å²) < 4.78 is 0. The second-order valence-corrected chi connectivity index (χ2v) is 8.14. The van der Waals surface area contributed by atoms with Crippen LogP contribution in [0.15, 0.2) is 23.6 Å². The van der Waals surface area contributed by atoms with Crippen molar-refractivity contribution >= 4 is 52.2 Å². The Morgan fingerprint density at radius 1 is 1.18 bits per heavy atom. The number of anilines is 1. The highest BCUT2D eigenvalue weighted by Gasteiger charge is 2.21. The van der Waals surface area contributed by atoms with Gasteiger partial charge in [-0.15, -0.1) is 11.3 Å². The van der Waals surface area contributed by atoms with E-state index in [1.807, 2.05) is 27.7 Å². The van der Waals surface area contributed by atoms with Crippen LogP contribution in [0.4, 0.5) is 10.5 Å². The van der Waals surface area contributed by atoms with Crippen LogP contribution in [0, 0.1) is 0 Å². The number of benzene rings is 1. The third-order valence-corrected chi connectivity index (χ3v) is 5.75. The van der Waals surface area contributed by atoms with Gasteiger partial charge in [-0.3, -0.25) is 4.79 Å². The Hall–Kier alpha value is -1.83. The highest BCUT2D eigenvalue weighted by molar-refractivity contribution is 7.09. The van der Waals surface area contributed by atoms with Gasteiger partial charge in [-0.1, -0.05) is 23.2 Å². The van der Waals surface area contributed by atoms with E-state index in [9.17, 15) is 9.59 Å². The number of carbonyl (C=O) groups excluding carboxylic acids is 2. The monoisotopic (exact) mass is 442 g/mol. The molecule has 0 saturated heterocycles. The molecule has 0 aliphatic heterocycles. The van der Waals surface area contributed by atoms with E-state index in [1.54, 1.807) is 33.4 Å². The highest BCUT2D eigenvalue weighted by Crippen LogP contribution is 2.25. The Bertz CT molecular complexity index is 837. The number of halogens is 2. The minimum absolute atomic E-state index is 0.0615. The van der Waals surface area contributed by atoms with Crippen molar-refractivity contribution in [2.45, 2.75) is 40.3 Å². The topological polar surface area (TPSA) is 65.5 Å². The highest BCUT2D eigenvalue weighted by atomic mass is 35.5. The van der Waals surface area contributed by atoms with Crippen LogP contribution in [0.2, 0.25) is 10.0 Å². The standard InChI is InChI=1S/C19H24Cl2N4O2S/c1-5-24(6-2)18(26)16-11-28-17(23-16)10-25(12(3)4)19(27)22-13-7-8-14(20)15(21)9-13/h7-9,11-12H,5-6,10H2,1-4H3,(H,22,27). The summed E-state index contributed by atoms with van der Waals surface area (Å²) in [4.78, 5) is 33.0. The fraction of sp³-hybridized carbons (Fsp3) is 0.421. The van der Waals surface area contributed by atoms with Gasteiger partial charge in [0, 0.05) is 30.2 Å². The van der Waals surface area contributed by atoms with Crippen LogP contribution in [0.5, 0.6) is 0 Å². The largest absolute Gasteiger partial charge is 0.338 e. The molecule has 6 nitrogen and oxygen atoms in total. The zero-order chi connectivity index (χ0) is 20.8. The lowest BCUT2D eigenvalue weighted by atomic mass is 10.3. The summed E-state index contributed by atoms with van der Waals surface area (Å²) >= 11 is 13.3. The SMILES string of the molecule is CCN(CC)C(=O)c1csc(CN(C(=O)Nc2ccc(Cl)c(Cl)c2)C(C)C)n1.